The van der Waals surface area contributed by atoms with Gasteiger partial charge >= 0.3 is 16.1 Å². The zero-order valence-corrected chi connectivity index (χ0v) is 18.8. The molecular formula is C20H16ClN3O8S. The maximum Gasteiger partial charge on any atom is 0.362 e. The van der Waals surface area contributed by atoms with E-state index in [0.717, 1.165) is 22.9 Å². The van der Waals surface area contributed by atoms with Gasteiger partial charge in [-0.15, -0.1) is 0 Å². The molecule has 0 amide bonds. The van der Waals surface area contributed by atoms with E-state index in [2.05, 4.69) is 5.10 Å². The van der Waals surface area contributed by atoms with Crippen LogP contribution < -0.4 is 9.74 Å². The summed E-state index contributed by atoms with van der Waals surface area (Å²) in [6.07, 6.45) is 0. The summed E-state index contributed by atoms with van der Waals surface area (Å²) in [6.45, 7) is 2.85. The average molecular weight is 494 g/mol. The van der Waals surface area contributed by atoms with Gasteiger partial charge in [-0.3, -0.25) is 14.9 Å². The van der Waals surface area contributed by atoms with Gasteiger partial charge in [-0.25, -0.2) is 4.79 Å². The molecule has 0 radical (unpaired) electrons. The summed E-state index contributed by atoms with van der Waals surface area (Å²) in [5, 5.41) is 15.1. The fourth-order valence-corrected chi connectivity index (χ4v) is 4.17. The van der Waals surface area contributed by atoms with Gasteiger partial charge in [-0.1, -0.05) is 29.8 Å². The quantitative estimate of drug-likeness (QED) is 0.209. The molecule has 0 saturated carbocycles. The largest absolute Gasteiger partial charge is 0.461 e. The molecule has 0 fully saturated rings. The molecule has 0 atom stereocenters. The molecule has 11 nitrogen and oxygen atoms in total. The number of nitro groups is 1. The molecule has 33 heavy (non-hydrogen) atoms. The number of rotatable bonds is 7. The Morgan fingerprint density at radius 1 is 1.21 bits per heavy atom. The highest BCUT2D eigenvalue weighted by molar-refractivity contribution is 7.87. The van der Waals surface area contributed by atoms with Crippen molar-refractivity contribution < 1.29 is 27.1 Å². The van der Waals surface area contributed by atoms with Gasteiger partial charge in [-0.2, -0.15) is 18.2 Å². The van der Waals surface area contributed by atoms with Gasteiger partial charge in [0, 0.05) is 12.1 Å². The fraction of sp³-hybridized carbons (Fsp3) is 0.150. The highest BCUT2D eigenvalue weighted by Gasteiger charge is 2.28. The molecule has 0 unspecified atom stereocenters. The van der Waals surface area contributed by atoms with Crippen molar-refractivity contribution in [3.8, 4) is 11.4 Å². The lowest BCUT2D eigenvalue weighted by Gasteiger charge is -2.13. The van der Waals surface area contributed by atoms with Crippen LogP contribution in [-0.4, -0.2) is 35.7 Å². The molecule has 3 rings (SSSR count). The van der Waals surface area contributed by atoms with Crippen LogP contribution >= 0.6 is 11.6 Å². The summed E-state index contributed by atoms with van der Waals surface area (Å²) >= 11 is 6.11. The standard InChI is InChI=1S/C20H16ClN3O8S/c1-3-31-20(26)19-16(11-18(25)23(22-19)15-7-5-4-6-14(15)21)32-33(29,30)17-10-13(24(27)28)9-8-12(17)2/h4-11H,3H2,1-2H3. The minimum atomic E-state index is -4.70. The number of carbonyl (C=O) groups is 1. The van der Waals surface area contributed by atoms with E-state index in [4.69, 9.17) is 20.5 Å². The molecule has 13 heteroatoms. The van der Waals surface area contributed by atoms with Crippen molar-refractivity contribution in [2.45, 2.75) is 18.7 Å². The zero-order valence-electron chi connectivity index (χ0n) is 17.2. The maximum atomic E-state index is 12.9. The fourth-order valence-electron chi connectivity index (χ4n) is 2.78. The van der Waals surface area contributed by atoms with Crippen LogP contribution in [0.5, 0.6) is 5.75 Å². The topological polar surface area (TPSA) is 148 Å². The Morgan fingerprint density at radius 3 is 2.55 bits per heavy atom. The zero-order chi connectivity index (χ0) is 24.3. The van der Waals surface area contributed by atoms with Crippen molar-refractivity contribution in [1.82, 2.24) is 9.78 Å². The molecule has 0 saturated heterocycles. The molecule has 0 aliphatic heterocycles. The van der Waals surface area contributed by atoms with E-state index in [1.54, 1.807) is 12.1 Å². The monoisotopic (exact) mass is 493 g/mol. The number of hydrogen-bond acceptors (Lipinski definition) is 9. The van der Waals surface area contributed by atoms with E-state index in [9.17, 15) is 28.1 Å². The van der Waals surface area contributed by atoms with Gasteiger partial charge in [0.25, 0.3) is 11.2 Å². The summed E-state index contributed by atoms with van der Waals surface area (Å²) in [6, 6.07) is 10.1. The molecule has 172 valence electrons. The van der Waals surface area contributed by atoms with E-state index in [0.29, 0.717) is 0 Å². The first-order valence-electron chi connectivity index (χ1n) is 9.31. The van der Waals surface area contributed by atoms with Crippen LogP contribution in [0.1, 0.15) is 23.0 Å². The second-order valence-electron chi connectivity index (χ2n) is 6.52. The lowest BCUT2D eigenvalue weighted by Crippen LogP contribution is -2.26. The van der Waals surface area contributed by atoms with E-state index < -0.39 is 48.6 Å². The number of benzene rings is 2. The number of aromatic nitrogens is 2. The lowest BCUT2D eigenvalue weighted by molar-refractivity contribution is -0.385. The number of esters is 1. The average Bonchev–Trinajstić information content (AvgIpc) is 2.74. The number of aryl methyl sites for hydroxylation is 1. The Balaban J connectivity index is 2.17. The van der Waals surface area contributed by atoms with Gasteiger partial charge in [0.15, 0.2) is 5.75 Å². The number of nitrogens with zero attached hydrogens (tertiary/aromatic N) is 3. The summed E-state index contributed by atoms with van der Waals surface area (Å²) < 4.78 is 36.5. The van der Waals surface area contributed by atoms with Crippen LogP contribution in [0.3, 0.4) is 0 Å². The Kier molecular flexibility index (Phi) is 6.79. The summed E-state index contributed by atoms with van der Waals surface area (Å²) in [5.41, 5.74) is -1.66. The summed E-state index contributed by atoms with van der Waals surface area (Å²) in [7, 11) is -4.70. The van der Waals surface area contributed by atoms with E-state index >= 15 is 0 Å². The molecule has 0 spiro atoms. The van der Waals surface area contributed by atoms with Crippen molar-refractivity contribution >= 4 is 33.4 Å². The van der Waals surface area contributed by atoms with Crippen molar-refractivity contribution in [2.75, 3.05) is 6.61 Å². The second kappa shape index (κ2) is 9.38. The Labute approximate surface area is 192 Å². The molecule has 3 aromatic rings. The third kappa shape index (κ3) is 5.02. The Hall–Kier alpha value is -3.77. The molecule has 1 aromatic heterocycles. The molecule has 2 aromatic carbocycles. The van der Waals surface area contributed by atoms with Gasteiger partial charge < -0.3 is 8.92 Å². The minimum absolute atomic E-state index is 0.0675. The third-order valence-corrected chi connectivity index (χ3v) is 5.99. The molecule has 0 aliphatic carbocycles. The number of nitro benzene ring substituents is 1. The minimum Gasteiger partial charge on any atom is -0.461 e. The Bertz CT molecular complexity index is 1420. The van der Waals surface area contributed by atoms with Gasteiger partial charge in [0.1, 0.15) is 4.90 Å². The van der Waals surface area contributed by atoms with E-state index in [-0.39, 0.29) is 22.9 Å². The number of halogens is 1. The van der Waals surface area contributed by atoms with Crippen LogP contribution in [0.25, 0.3) is 5.69 Å². The maximum absolute atomic E-state index is 12.9. The van der Waals surface area contributed by atoms with Crippen molar-refractivity contribution in [3.05, 3.63) is 85.3 Å². The summed E-state index contributed by atoms with van der Waals surface area (Å²) in [5.74, 6) is -1.76. The van der Waals surface area contributed by atoms with Crippen LogP contribution in [0.15, 0.2) is 58.2 Å². The van der Waals surface area contributed by atoms with Crippen molar-refractivity contribution in [2.24, 2.45) is 0 Å². The lowest BCUT2D eigenvalue weighted by atomic mass is 10.2. The number of non-ortho nitro benzene ring substituents is 1. The predicted molar refractivity (Wildman–Crippen MR) is 116 cm³/mol. The highest BCUT2D eigenvalue weighted by atomic mass is 35.5. The number of hydrogen-bond donors (Lipinski definition) is 0. The first-order chi connectivity index (χ1) is 15.5. The number of carbonyl (C=O) groups excluding carboxylic acids is 1. The second-order valence-corrected chi connectivity index (χ2v) is 8.45. The Morgan fingerprint density at radius 2 is 1.91 bits per heavy atom. The van der Waals surface area contributed by atoms with Crippen LogP contribution in [0.2, 0.25) is 5.02 Å². The highest BCUT2D eigenvalue weighted by Crippen LogP contribution is 2.27. The first kappa shape index (κ1) is 23.9. The number of ether oxygens (including phenoxy) is 1. The van der Waals surface area contributed by atoms with E-state index in [1.165, 1.54) is 32.0 Å². The molecule has 0 N–H and O–H groups in total. The molecular weight excluding hydrogens is 478 g/mol. The van der Waals surface area contributed by atoms with Crippen LogP contribution in [-0.2, 0) is 14.9 Å². The van der Waals surface area contributed by atoms with Crippen molar-refractivity contribution in [1.29, 1.82) is 0 Å². The summed E-state index contributed by atoms with van der Waals surface area (Å²) in [4.78, 5) is 34.9. The first-order valence-corrected chi connectivity index (χ1v) is 11.1. The van der Waals surface area contributed by atoms with E-state index in [1.807, 2.05) is 0 Å². The van der Waals surface area contributed by atoms with Gasteiger partial charge in [0.05, 0.1) is 28.3 Å². The van der Waals surface area contributed by atoms with Crippen LogP contribution in [0, 0.1) is 17.0 Å². The third-order valence-electron chi connectivity index (χ3n) is 4.30. The predicted octanol–water partition coefficient (Wildman–Crippen LogP) is 3.05. The van der Waals surface area contributed by atoms with Gasteiger partial charge in [-0.05, 0) is 31.5 Å². The smallest absolute Gasteiger partial charge is 0.362 e. The number of para-hydroxylation sites is 1. The molecule has 0 bridgehead atoms. The SMILES string of the molecule is CCOC(=O)c1nn(-c2ccccc2Cl)c(=O)cc1OS(=O)(=O)c1cc([N+](=O)[O-])ccc1C. The molecule has 1 heterocycles. The van der Waals surface area contributed by atoms with Crippen LogP contribution in [0.4, 0.5) is 5.69 Å². The van der Waals surface area contributed by atoms with Gasteiger partial charge in [0.2, 0.25) is 5.69 Å². The normalized spacial score (nSPS) is 11.1. The molecule has 0 aliphatic rings. The van der Waals surface area contributed by atoms with Crippen molar-refractivity contribution in [3.63, 3.8) is 0 Å².